The number of nitrogen functional groups attached to an aromatic ring is 2. The maximum absolute atomic E-state index is 12.5. The van der Waals surface area contributed by atoms with E-state index in [1.807, 2.05) is 0 Å². The number of anilines is 2. The van der Waals surface area contributed by atoms with Gasteiger partial charge in [0.15, 0.2) is 47.0 Å². The number of nitrogens with one attached hydrogen (secondary N) is 4. The van der Waals surface area contributed by atoms with Crippen LogP contribution in [0.15, 0.2) is 22.2 Å². The topological polar surface area (TPSA) is 686 Å². The smallest absolute Gasteiger partial charge is 0.440 e. The molecular formula is C34H60N14O30P6. The second kappa shape index (κ2) is 29.9. The molecule has 44 nitrogen and oxygen atoms in total. The maximum atomic E-state index is 12.5. The number of aromatic amines is 2. The van der Waals surface area contributed by atoms with Crippen molar-refractivity contribution in [2.45, 2.75) is 100 Å². The number of aliphatic hydroxyl groups is 2. The van der Waals surface area contributed by atoms with Crippen molar-refractivity contribution in [3.05, 3.63) is 33.4 Å². The predicted octanol–water partition coefficient (Wildman–Crippen LogP) is -2.17. The average Bonchev–Trinajstić information content (AvgIpc) is 2.10. The first-order valence-electron chi connectivity index (χ1n) is 24.0. The van der Waals surface area contributed by atoms with Gasteiger partial charge in [0, 0.05) is 13.1 Å². The van der Waals surface area contributed by atoms with Gasteiger partial charge in [-0.15, -0.1) is 0 Å². The van der Waals surface area contributed by atoms with Crippen LogP contribution in [0.3, 0.4) is 0 Å². The van der Waals surface area contributed by atoms with Crippen molar-refractivity contribution in [2.24, 2.45) is 11.5 Å². The zero-order valence-electron chi connectivity index (χ0n) is 43.0. The molecule has 4 aromatic rings. The molecule has 0 aliphatic carbocycles. The molecule has 4 aromatic heterocycles. The molecule has 0 aromatic carbocycles. The van der Waals surface area contributed by atoms with Crippen molar-refractivity contribution in [1.82, 2.24) is 49.7 Å². The number of aliphatic hydroxyl groups excluding tert-OH is 2. The number of phosphoric acid groups is 6. The fraction of sp³-hybridized carbons (Fsp3) is 0.647. The van der Waals surface area contributed by atoms with Crippen LogP contribution in [-0.2, 0) is 72.6 Å². The Kier molecular flexibility index (Phi) is 25.0. The van der Waals surface area contributed by atoms with E-state index in [0.717, 1.165) is 60.3 Å². The monoisotopic (exact) mass is 1330 g/mol. The third-order valence-electron chi connectivity index (χ3n) is 11.0. The predicted molar refractivity (Wildman–Crippen MR) is 276 cm³/mol. The summed E-state index contributed by atoms with van der Waals surface area (Å²) < 4.78 is 117. The number of alkyl carbamates (subject to hydrolysis) is 2. The second-order valence-electron chi connectivity index (χ2n) is 17.4. The van der Waals surface area contributed by atoms with Gasteiger partial charge in [0.05, 0.1) is 25.9 Å². The highest BCUT2D eigenvalue weighted by molar-refractivity contribution is 7.67. The first kappa shape index (κ1) is 70.2. The molecule has 2 aliphatic rings. The minimum absolute atomic E-state index is 0.143. The zero-order chi connectivity index (χ0) is 62.6. The Bertz CT molecular complexity index is 3320. The normalized spacial score (nSPS) is 23.9. The molecule has 2 aliphatic heterocycles. The van der Waals surface area contributed by atoms with E-state index in [9.17, 15) is 76.4 Å². The number of H-pyrrole nitrogens is 2. The molecule has 6 rings (SSSR count). The Morgan fingerprint density at radius 3 is 1.38 bits per heavy atom. The fourth-order valence-corrected chi connectivity index (χ4v) is 13.7. The lowest BCUT2D eigenvalue weighted by molar-refractivity contribution is -0.0522. The van der Waals surface area contributed by atoms with Crippen LogP contribution in [0.2, 0.25) is 0 Å². The van der Waals surface area contributed by atoms with E-state index in [2.05, 4.69) is 66.8 Å². The van der Waals surface area contributed by atoms with Crippen LogP contribution in [0.1, 0.15) is 63.8 Å². The van der Waals surface area contributed by atoms with Gasteiger partial charge >= 0.3 is 59.1 Å². The minimum Gasteiger partial charge on any atom is -0.440 e. The number of carbonyl (C=O) groups excluding carboxylic acids is 2. The summed E-state index contributed by atoms with van der Waals surface area (Å²) in [5.41, 5.74) is 20.0. The Morgan fingerprint density at radius 2 is 0.952 bits per heavy atom. The van der Waals surface area contributed by atoms with Crippen LogP contribution < -0.4 is 44.7 Å². The van der Waals surface area contributed by atoms with Crippen molar-refractivity contribution in [1.29, 1.82) is 0 Å². The highest BCUT2D eigenvalue weighted by Crippen LogP contribution is 2.67. The molecule has 2 saturated heterocycles. The SMILES string of the molecule is NCCCCCCNC(=O)O[C@@H]1[C@H](O)[C@@H](COP(=O)(O)OP(=O)(O)OP(=O)(O)O)O[C@H]1n1cnc2c(=O)[nH]c(N)nc21.NCCCCCCNC(=O)O[C@H]1[C@@H](O)[C@H](n2cnc3c(=O)[nH]c(N)nc32)O[C@@H]1COP(=O)(O)OP(=O)(O)OP(=O)(O)O. The van der Waals surface area contributed by atoms with Gasteiger partial charge in [-0.1, -0.05) is 25.7 Å². The number of nitrogens with two attached hydrogens (primary N) is 4. The second-order valence-corrected chi connectivity index (χ2v) is 26.3. The minimum atomic E-state index is -5.82. The molecule has 50 heteroatoms. The number of amides is 2. The molecular weight excluding hydrogens is 1270 g/mol. The van der Waals surface area contributed by atoms with E-state index in [0.29, 0.717) is 25.9 Å². The molecule has 0 bridgehead atoms. The summed E-state index contributed by atoms with van der Waals surface area (Å²) in [6.07, 6.45) is -6.70. The number of fused-ring (bicyclic) bond motifs is 2. The third kappa shape index (κ3) is 21.4. The van der Waals surface area contributed by atoms with Gasteiger partial charge in [0.2, 0.25) is 11.9 Å². The van der Waals surface area contributed by atoms with Gasteiger partial charge in [-0.05, 0) is 38.8 Å². The van der Waals surface area contributed by atoms with Gasteiger partial charge in [0.25, 0.3) is 11.1 Å². The Labute approximate surface area is 469 Å². The number of nitrogens with zero attached hydrogens (tertiary/aromatic N) is 6. The molecule has 0 spiro atoms. The molecule has 84 heavy (non-hydrogen) atoms. The lowest BCUT2D eigenvalue weighted by Gasteiger charge is -2.22. The standard InChI is InChI=1S/2C17H30N7O15P3/c18-5-3-1-2-4-6-20-17(27)37-12-9(7-35-41(31,32)39-42(33,34)38-40(28,29)30)36-15(11(12)25)24-8-21-10-13(24)22-16(19)23-14(10)26;18-5-3-1-2-4-6-20-17(27)37-12-11(25)9(7-35-41(31,32)39-42(33,34)38-40(28,29)30)36-15(12)24-8-21-10-13(24)22-16(19)23-14(10)26/h2*8-9,11-12,15,25H,1-7,18H2,(H,20,27)(H,31,32)(H,33,34)(H2,28,29,30)(H3,19,22,23,26)/t2*9-,11-,12-,15-/m11/s1. The van der Waals surface area contributed by atoms with Crippen LogP contribution in [0.25, 0.3) is 22.3 Å². The summed E-state index contributed by atoms with van der Waals surface area (Å²) in [6.45, 7) is -0.644. The molecule has 6 heterocycles. The van der Waals surface area contributed by atoms with E-state index in [4.69, 9.17) is 61.5 Å². The number of phosphoric ester groups is 2. The molecule has 0 radical (unpaired) electrons. The molecule has 476 valence electrons. The maximum Gasteiger partial charge on any atom is 0.490 e. The molecule has 12 atom stereocenters. The number of aromatic nitrogens is 8. The van der Waals surface area contributed by atoms with Gasteiger partial charge in [-0.3, -0.25) is 37.7 Å². The van der Waals surface area contributed by atoms with E-state index in [1.165, 1.54) is 0 Å². The van der Waals surface area contributed by atoms with Crippen LogP contribution in [0.5, 0.6) is 0 Å². The van der Waals surface area contributed by atoms with E-state index >= 15 is 0 Å². The van der Waals surface area contributed by atoms with Crippen molar-refractivity contribution >= 4 is 93.3 Å². The van der Waals surface area contributed by atoms with Crippen LogP contribution in [-0.4, -0.2) is 177 Å². The molecule has 22 N–H and O–H groups in total. The number of rotatable bonds is 30. The first-order valence-corrected chi connectivity index (χ1v) is 33.1. The Balaban J connectivity index is 0.000000307. The molecule has 2 fully saturated rings. The fourth-order valence-electron chi connectivity index (χ4n) is 7.59. The van der Waals surface area contributed by atoms with Gasteiger partial charge in [0.1, 0.15) is 24.4 Å². The quantitative estimate of drug-likeness (QED) is 0.0195. The Hall–Kier alpha value is -4.58. The molecule has 4 unspecified atom stereocenters. The highest BCUT2D eigenvalue weighted by Gasteiger charge is 2.52. The van der Waals surface area contributed by atoms with Crippen molar-refractivity contribution in [3.8, 4) is 0 Å². The third-order valence-corrected chi connectivity index (χ3v) is 18.6. The highest BCUT2D eigenvalue weighted by atomic mass is 31.3. The van der Waals surface area contributed by atoms with Crippen LogP contribution in [0, 0.1) is 0 Å². The number of unbranched alkanes of at least 4 members (excludes halogenated alkanes) is 6. The van der Waals surface area contributed by atoms with Crippen molar-refractivity contribution in [3.63, 3.8) is 0 Å². The number of imidazole rings is 2. The molecule has 2 amide bonds. The number of hydrogen-bond acceptors (Lipinski definition) is 30. The largest absolute Gasteiger partial charge is 0.490 e. The van der Waals surface area contributed by atoms with Crippen LogP contribution in [0.4, 0.5) is 21.5 Å². The summed E-state index contributed by atoms with van der Waals surface area (Å²) in [4.78, 5) is 142. The average molecular weight is 1330 g/mol. The summed E-state index contributed by atoms with van der Waals surface area (Å²) >= 11 is 0. The number of ether oxygens (including phenoxy) is 4. The van der Waals surface area contributed by atoms with Gasteiger partial charge in [-0.2, -0.15) is 27.2 Å². The van der Waals surface area contributed by atoms with Crippen molar-refractivity contribution in [2.75, 3.05) is 50.9 Å². The van der Waals surface area contributed by atoms with E-state index in [1.54, 1.807) is 0 Å². The number of hydrogen-bond donors (Lipinski definition) is 18. The Morgan fingerprint density at radius 1 is 0.560 bits per heavy atom. The first-order chi connectivity index (χ1) is 39.0. The van der Waals surface area contributed by atoms with E-state index in [-0.39, 0.29) is 47.3 Å². The summed E-state index contributed by atoms with van der Waals surface area (Å²) in [5, 5.41) is 26.9. The van der Waals surface area contributed by atoms with Crippen molar-refractivity contribution < 1.29 is 132 Å². The molecule has 0 saturated carbocycles. The number of carbonyl (C=O) groups is 2. The lowest BCUT2D eigenvalue weighted by Crippen LogP contribution is -2.41. The lowest BCUT2D eigenvalue weighted by atomic mass is 10.1. The van der Waals surface area contributed by atoms with Gasteiger partial charge in [-0.25, -0.2) is 46.9 Å². The van der Waals surface area contributed by atoms with Crippen LogP contribution >= 0.6 is 46.9 Å². The summed E-state index contributed by atoms with van der Waals surface area (Å²) in [6, 6.07) is 0. The van der Waals surface area contributed by atoms with E-state index < -0.39 is 133 Å². The summed E-state index contributed by atoms with van der Waals surface area (Å²) in [7, 11) is -34.1. The zero-order valence-corrected chi connectivity index (χ0v) is 48.4. The summed E-state index contributed by atoms with van der Waals surface area (Å²) in [5.74, 6) is -0.605. The van der Waals surface area contributed by atoms with Gasteiger partial charge < -0.3 is 102 Å².